The molecule has 4 aliphatic carbocycles. The minimum Gasteiger partial charge on any atom is -0.498 e. The molecule has 172 valence electrons. The van der Waals surface area contributed by atoms with Crippen LogP contribution in [0, 0.1) is 28.6 Å². The van der Waals surface area contributed by atoms with Crippen molar-refractivity contribution in [2.45, 2.75) is 77.9 Å². The molecule has 0 aliphatic heterocycles. The Labute approximate surface area is 184 Å². The van der Waals surface area contributed by atoms with Gasteiger partial charge in [-0.25, -0.2) is 0 Å². The SMILES string of the molecule is CCOC1=CC2=CC[C@@H]3[C@H]([C@H](O)C[C@]4(C)[C@@H]3CC[C@]4(O)C(=O)COC(C)=O)[C@@]2(C)CC1. The number of ketones is 1. The van der Waals surface area contributed by atoms with E-state index >= 15 is 0 Å². The van der Waals surface area contributed by atoms with E-state index in [1.165, 1.54) is 12.5 Å². The molecule has 2 fully saturated rings. The number of aliphatic hydroxyl groups excluding tert-OH is 1. The van der Waals surface area contributed by atoms with Gasteiger partial charge in [0.1, 0.15) is 5.60 Å². The normalized spacial score (nSPS) is 43.7. The lowest BCUT2D eigenvalue weighted by atomic mass is 9.46. The predicted octanol–water partition coefficient (Wildman–Crippen LogP) is 3.31. The van der Waals surface area contributed by atoms with Gasteiger partial charge in [0.15, 0.2) is 6.61 Å². The van der Waals surface area contributed by atoms with Crippen LogP contribution in [-0.2, 0) is 19.1 Å². The maximum absolute atomic E-state index is 12.9. The van der Waals surface area contributed by atoms with E-state index in [1.807, 2.05) is 13.8 Å². The largest absolute Gasteiger partial charge is 0.498 e. The molecule has 0 amide bonds. The summed E-state index contributed by atoms with van der Waals surface area (Å²) in [5.74, 6) is 0.481. The van der Waals surface area contributed by atoms with Crippen molar-refractivity contribution in [3.05, 3.63) is 23.5 Å². The molecule has 0 unspecified atom stereocenters. The summed E-state index contributed by atoms with van der Waals surface area (Å²) >= 11 is 0. The fraction of sp³-hybridized carbons (Fsp3) is 0.760. The number of carbonyl (C=O) groups is 2. The van der Waals surface area contributed by atoms with Crippen LogP contribution in [0.15, 0.2) is 23.5 Å². The van der Waals surface area contributed by atoms with E-state index in [4.69, 9.17) is 9.47 Å². The Morgan fingerprint density at radius 3 is 2.68 bits per heavy atom. The number of hydrogen-bond donors (Lipinski definition) is 2. The maximum atomic E-state index is 12.9. The molecule has 0 aromatic rings. The van der Waals surface area contributed by atoms with Gasteiger partial charge in [-0.15, -0.1) is 0 Å². The average molecular weight is 433 g/mol. The van der Waals surface area contributed by atoms with Crippen LogP contribution in [0.3, 0.4) is 0 Å². The average Bonchev–Trinajstić information content (AvgIpc) is 2.98. The summed E-state index contributed by atoms with van der Waals surface area (Å²) in [6.07, 6.45) is 7.95. The number of fused-ring (bicyclic) bond motifs is 5. The highest BCUT2D eigenvalue weighted by Gasteiger charge is 2.68. The molecule has 2 saturated carbocycles. The van der Waals surface area contributed by atoms with Gasteiger partial charge in [-0.2, -0.15) is 0 Å². The zero-order valence-corrected chi connectivity index (χ0v) is 19.1. The number of carbonyl (C=O) groups excluding carboxylic acids is 2. The smallest absolute Gasteiger partial charge is 0.303 e. The number of hydrogen-bond acceptors (Lipinski definition) is 6. The Balaban J connectivity index is 1.65. The zero-order chi connectivity index (χ0) is 22.6. The van der Waals surface area contributed by atoms with Crippen LogP contribution in [0.4, 0.5) is 0 Å². The number of rotatable bonds is 5. The molecule has 4 aliphatic rings. The first-order valence-electron chi connectivity index (χ1n) is 11.7. The third kappa shape index (κ3) is 3.29. The topological polar surface area (TPSA) is 93.1 Å². The fourth-order valence-electron chi connectivity index (χ4n) is 7.48. The van der Waals surface area contributed by atoms with Crippen LogP contribution in [0.2, 0.25) is 0 Å². The number of Topliss-reactive ketones (excluding diaryl/α,β-unsaturated/α-hetero) is 1. The highest BCUT2D eigenvalue weighted by molar-refractivity contribution is 5.91. The van der Waals surface area contributed by atoms with Gasteiger partial charge in [0.25, 0.3) is 0 Å². The Hall–Kier alpha value is -1.66. The lowest BCUT2D eigenvalue weighted by Crippen LogP contribution is -2.61. The lowest BCUT2D eigenvalue weighted by molar-refractivity contribution is -0.181. The van der Waals surface area contributed by atoms with Crippen LogP contribution in [-0.4, -0.2) is 46.9 Å². The Kier molecular flexibility index (Phi) is 5.62. The summed E-state index contributed by atoms with van der Waals surface area (Å²) in [6, 6.07) is 0. The second kappa shape index (κ2) is 7.73. The molecule has 0 bridgehead atoms. The van der Waals surface area contributed by atoms with Crippen molar-refractivity contribution in [1.82, 2.24) is 0 Å². The van der Waals surface area contributed by atoms with Crippen molar-refractivity contribution < 1.29 is 29.3 Å². The Bertz CT molecular complexity index is 830. The highest BCUT2D eigenvalue weighted by atomic mass is 16.5. The minimum atomic E-state index is -1.57. The lowest BCUT2D eigenvalue weighted by Gasteiger charge is -2.59. The van der Waals surface area contributed by atoms with E-state index in [9.17, 15) is 19.8 Å². The van der Waals surface area contributed by atoms with Gasteiger partial charge >= 0.3 is 5.97 Å². The van der Waals surface area contributed by atoms with Gasteiger partial charge in [-0.05, 0) is 73.8 Å². The molecular weight excluding hydrogens is 396 g/mol. The van der Waals surface area contributed by atoms with E-state index in [2.05, 4.69) is 19.1 Å². The van der Waals surface area contributed by atoms with Gasteiger partial charge in [0.2, 0.25) is 5.78 Å². The molecule has 6 heteroatoms. The first-order valence-corrected chi connectivity index (χ1v) is 11.7. The van der Waals surface area contributed by atoms with Crippen LogP contribution in [0.25, 0.3) is 0 Å². The van der Waals surface area contributed by atoms with Crippen molar-refractivity contribution in [3.63, 3.8) is 0 Å². The van der Waals surface area contributed by atoms with Gasteiger partial charge in [0, 0.05) is 18.8 Å². The maximum Gasteiger partial charge on any atom is 0.303 e. The van der Waals surface area contributed by atoms with Gasteiger partial charge < -0.3 is 19.7 Å². The summed E-state index contributed by atoms with van der Waals surface area (Å²) in [6.45, 7) is 7.71. The third-order valence-corrected chi connectivity index (χ3v) is 9.02. The van der Waals surface area contributed by atoms with Crippen molar-refractivity contribution in [3.8, 4) is 0 Å². The van der Waals surface area contributed by atoms with Crippen LogP contribution >= 0.6 is 0 Å². The minimum absolute atomic E-state index is 0.0934. The predicted molar refractivity (Wildman–Crippen MR) is 115 cm³/mol. The molecule has 2 N–H and O–H groups in total. The van der Waals surface area contributed by atoms with Gasteiger partial charge in [-0.1, -0.05) is 19.9 Å². The molecule has 0 radical (unpaired) electrons. The number of allylic oxidation sites excluding steroid dienone is 4. The molecule has 4 rings (SSSR count). The summed E-state index contributed by atoms with van der Waals surface area (Å²) in [4.78, 5) is 24.1. The Morgan fingerprint density at radius 2 is 2.00 bits per heavy atom. The number of aliphatic hydroxyl groups is 2. The van der Waals surface area contributed by atoms with E-state index in [-0.39, 0.29) is 23.2 Å². The standard InChI is InChI=1S/C25H36O6/c1-5-30-17-8-10-23(3)16(12-17)6-7-18-19-9-11-25(29,21(28)14-31-15(2)26)24(19,4)13-20(27)22(18)23/h6,12,18-20,22,27,29H,5,7-11,13-14H2,1-4H3/t18-,19+,20+,22+,23-,24+,25-/m0/s1. The second-order valence-electron chi connectivity index (χ2n) is 10.4. The van der Waals surface area contributed by atoms with Gasteiger partial charge in [-0.3, -0.25) is 9.59 Å². The molecule has 6 nitrogen and oxygen atoms in total. The first-order chi connectivity index (χ1) is 14.6. The number of ether oxygens (including phenoxy) is 2. The van der Waals surface area contributed by atoms with Crippen molar-refractivity contribution in [2.75, 3.05) is 13.2 Å². The summed E-state index contributed by atoms with van der Waals surface area (Å²) in [7, 11) is 0. The summed E-state index contributed by atoms with van der Waals surface area (Å²) in [5.41, 5.74) is -1.18. The summed E-state index contributed by atoms with van der Waals surface area (Å²) < 4.78 is 10.7. The first kappa shape index (κ1) is 22.5. The molecule has 0 saturated heterocycles. The zero-order valence-electron chi connectivity index (χ0n) is 19.1. The molecule has 31 heavy (non-hydrogen) atoms. The molecule has 0 spiro atoms. The van der Waals surface area contributed by atoms with Crippen LogP contribution < -0.4 is 0 Å². The molecule has 7 atom stereocenters. The summed E-state index contributed by atoms with van der Waals surface area (Å²) in [5, 5.41) is 23.0. The van der Waals surface area contributed by atoms with E-state index in [0.717, 1.165) is 31.4 Å². The molecular formula is C25H36O6. The van der Waals surface area contributed by atoms with E-state index < -0.39 is 35.5 Å². The van der Waals surface area contributed by atoms with Crippen molar-refractivity contribution >= 4 is 11.8 Å². The monoisotopic (exact) mass is 432 g/mol. The molecule has 0 heterocycles. The fourth-order valence-corrected chi connectivity index (χ4v) is 7.48. The molecule has 0 aromatic carbocycles. The quantitative estimate of drug-likeness (QED) is 0.648. The molecule has 0 aromatic heterocycles. The highest BCUT2D eigenvalue weighted by Crippen LogP contribution is 2.67. The third-order valence-electron chi connectivity index (χ3n) is 9.02. The second-order valence-corrected chi connectivity index (χ2v) is 10.4. The van der Waals surface area contributed by atoms with Crippen molar-refractivity contribution in [2.24, 2.45) is 28.6 Å². The number of esters is 1. The van der Waals surface area contributed by atoms with Crippen LogP contribution in [0.1, 0.15) is 66.2 Å². The Morgan fingerprint density at radius 1 is 1.26 bits per heavy atom. The van der Waals surface area contributed by atoms with Crippen molar-refractivity contribution in [1.29, 1.82) is 0 Å². The van der Waals surface area contributed by atoms with Crippen LogP contribution in [0.5, 0.6) is 0 Å². The van der Waals surface area contributed by atoms with Gasteiger partial charge in [0.05, 0.1) is 18.5 Å². The van der Waals surface area contributed by atoms with E-state index in [1.54, 1.807) is 0 Å². The van der Waals surface area contributed by atoms with E-state index in [0.29, 0.717) is 19.4 Å².